The van der Waals surface area contributed by atoms with Crippen molar-refractivity contribution < 1.29 is 4.79 Å². The van der Waals surface area contributed by atoms with Crippen LogP contribution in [0.25, 0.3) is 10.9 Å². The number of benzene rings is 3. The van der Waals surface area contributed by atoms with Gasteiger partial charge in [-0.25, -0.2) is 4.98 Å². The molecular formula is C25H23N3O2S. The van der Waals surface area contributed by atoms with Crippen LogP contribution in [0.1, 0.15) is 24.1 Å². The molecule has 1 amide bonds. The van der Waals surface area contributed by atoms with E-state index in [1.807, 2.05) is 85.8 Å². The van der Waals surface area contributed by atoms with Gasteiger partial charge in [-0.3, -0.25) is 14.2 Å². The molecule has 0 aliphatic rings. The van der Waals surface area contributed by atoms with Gasteiger partial charge in [0.15, 0.2) is 5.16 Å². The zero-order chi connectivity index (χ0) is 21.6. The van der Waals surface area contributed by atoms with Gasteiger partial charge in [0.25, 0.3) is 5.56 Å². The highest BCUT2D eigenvalue weighted by atomic mass is 32.2. The Labute approximate surface area is 185 Å². The molecule has 0 saturated heterocycles. The minimum atomic E-state index is -0.102. The van der Waals surface area contributed by atoms with Crippen LogP contribution in [0.5, 0.6) is 0 Å². The van der Waals surface area contributed by atoms with Crippen molar-refractivity contribution in [2.24, 2.45) is 0 Å². The van der Waals surface area contributed by atoms with Gasteiger partial charge in [0.2, 0.25) is 5.91 Å². The van der Waals surface area contributed by atoms with Gasteiger partial charge in [-0.2, -0.15) is 0 Å². The number of carbonyl (C=O) groups is 1. The second-order valence-electron chi connectivity index (χ2n) is 7.28. The Bertz CT molecular complexity index is 1240. The van der Waals surface area contributed by atoms with E-state index in [-0.39, 0.29) is 23.3 Å². The number of amides is 1. The molecule has 0 aliphatic carbocycles. The molecule has 1 heterocycles. The van der Waals surface area contributed by atoms with Crippen molar-refractivity contribution in [1.82, 2.24) is 14.9 Å². The number of rotatable bonds is 7. The second-order valence-corrected chi connectivity index (χ2v) is 8.22. The number of nitrogens with zero attached hydrogens (tertiary/aromatic N) is 2. The van der Waals surface area contributed by atoms with Crippen LogP contribution in [-0.4, -0.2) is 21.2 Å². The average molecular weight is 430 g/mol. The van der Waals surface area contributed by atoms with E-state index in [0.29, 0.717) is 22.6 Å². The van der Waals surface area contributed by atoms with E-state index >= 15 is 0 Å². The smallest absolute Gasteiger partial charge is 0.262 e. The Balaban J connectivity index is 1.56. The molecule has 0 bridgehead atoms. The first kappa shape index (κ1) is 20.9. The second kappa shape index (κ2) is 9.62. The summed E-state index contributed by atoms with van der Waals surface area (Å²) >= 11 is 1.28. The van der Waals surface area contributed by atoms with E-state index in [4.69, 9.17) is 0 Å². The predicted octanol–water partition coefficient (Wildman–Crippen LogP) is 4.41. The first-order valence-corrected chi connectivity index (χ1v) is 11.1. The first-order valence-electron chi connectivity index (χ1n) is 10.1. The molecule has 0 aliphatic heterocycles. The zero-order valence-corrected chi connectivity index (χ0v) is 18.0. The van der Waals surface area contributed by atoms with Gasteiger partial charge in [0, 0.05) is 0 Å². The van der Waals surface area contributed by atoms with Crippen molar-refractivity contribution in [3.63, 3.8) is 0 Å². The minimum absolute atomic E-state index is 0.0922. The van der Waals surface area contributed by atoms with Gasteiger partial charge in [-0.05, 0) is 30.2 Å². The third-order valence-corrected chi connectivity index (χ3v) is 6.00. The molecule has 0 radical (unpaired) electrons. The average Bonchev–Trinajstić information content (AvgIpc) is 2.81. The van der Waals surface area contributed by atoms with E-state index in [0.717, 1.165) is 11.1 Å². The molecule has 6 heteroatoms. The topological polar surface area (TPSA) is 64.0 Å². The van der Waals surface area contributed by atoms with Gasteiger partial charge < -0.3 is 5.32 Å². The van der Waals surface area contributed by atoms with Crippen LogP contribution in [0.4, 0.5) is 0 Å². The van der Waals surface area contributed by atoms with Crippen molar-refractivity contribution >= 4 is 28.6 Å². The van der Waals surface area contributed by atoms with Crippen molar-refractivity contribution in [1.29, 1.82) is 0 Å². The Kier molecular flexibility index (Phi) is 6.48. The standard InChI is InChI=1S/C25H23N3O2S/c1-18(20-12-6-3-7-13-20)26-23(29)17-31-25-27-22-15-9-8-14-21(22)24(30)28(25)16-19-10-4-2-5-11-19/h2-15,18H,16-17H2,1H3,(H,26,29)/t18-/m1/s1. The lowest BCUT2D eigenvalue weighted by Gasteiger charge is -2.15. The Morgan fingerprint density at radius 2 is 1.61 bits per heavy atom. The summed E-state index contributed by atoms with van der Waals surface area (Å²) in [6.45, 7) is 2.36. The molecule has 5 nitrogen and oxygen atoms in total. The Hall–Kier alpha value is -3.38. The lowest BCUT2D eigenvalue weighted by atomic mass is 10.1. The van der Waals surface area contributed by atoms with Crippen LogP contribution in [0.15, 0.2) is 94.9 Å². The first-order chi connectivity index (χ1) is 15.1. The fourth-order valence-electron chi connectivity index (χ4n) is 3.40. The van der Waals surface area contributed by atoms with E-state index in [2.05, 4.69) is 10.3 Å². The Morgan fingerprint density at radius 1 is 0.968 bits per heavy atom. The van der Waals surface area contributed by atoms with Crippen LogP contribution in [0, 0.1) is 0 Å². The van der Waals surface area contributed by atoms with Crippen molar-refractivity contribution in [2.75, 3.05) is 5.75 Å². The van der Waals surface area contributed by atoms with Crippen molar-refractivity contribution in [3.8, 4) is 0 Å². The molecule has 156 valence electrons. The molecule has 1 aromatic heterocycles. The summed E-state index contributed by atoms with van der Waals surface area (Å²) in [7, 11) is 0. The number of nitrogens with one attached hydrogen (secondary N) is 1. The van der Waals surface area contributed by atoms with Crippen molar-refractivity contribution in [3.05, 3.63) is 106 Å². The highest BCUT2D eigenvalue weighted by Gasteiger charge is 2.15. The third kappa shape index (κ3) is 5.03. The molecule has 3 aromatic carbocycles. The Morgan fingerprint density at radius 3 is 2.35 bits per heavy atom. The SMILES string of the molecule is C[C@@H](NC(=O)CSc1nc2ccccc2c(=O)n1Cc1ccccc1)c1ccccc1. The molecule has 31 heavy (non-hydrogen) atoms. The lowest BCUT2D eigenvalue weighted by molar-refractivity contribution is -0.119. The molecule has 0 fully saturated rings. The summed E-state index contributed by atoms with van der Waals surface area (Å²) in [6.07, 6.45) is 0. The quantitative estimate of drug-likeness (QED) is 0.349. The summed E-state index contributed by atoms with van der Waals surface area (Å²) in [5.74, 6) is 0.0755. The number of fused-ring (bicyclic) bond motifs is 1. The number of aromatic nitrogens is 2. The fraction of sp³-hybridized carbons (Fsp3) is 0.160. The maximum absolute atomic E-state index is 13.2. The molecule has 1 atom stereocenters. The molecule has 0 spiro atoms. The van der Waals surface area contributed by atoms with Gasteiger partial charge in [-0.15, -0.1) is 0 Å². The highest BCUT2D eigenvalue weighted by Crippen LogP contribution is 2.19. The van der Waals surface area contributed by atoms with Gasteiger partial charge in [0.1, 0.15) is 0 Å². The van der Waals surface area contributed by atoms with E-state index in [1.165, 1.54) is 11.8 Å². The lowest BCUT2D eigenvalue weighted by Crippen LogP contribution is -2.29. The summed E-state index contributed by atoms with van der Waals surface area (Å²) in [5.41, 5.74) is 2.59. The van der Waals surface area contributed by atoms with Gasteiger partial charge in [0.05, 0.1) is 29.2 Å². The number of para-hydroxylation sites is 1. The molecule has 0 saturated carbocycles. The number of thioether (sulfide) groups is 1. The summed E-state index contributed by atoms with van der Waals surface area (Å²) in [6, 6.07) is 26.8. The van der Waals surface area contributed by atoms with E-state index in [1.54, 1.807) is 10.6 Å². The summed E-state index contributed by atoms with van der Waals surface area (Å²) in [5, 5.41) is 4.12. The van der Waals surface area contributed by atoms with Crippen LogP contribution in [-0.2, 0) is 11.3 Å². The number of hydrogen-bond acceptors (Lipinski definition) is 4. The minimum Gasteiger partial charge on any atom is -0.349 e. The normalized spacial score (nSPS) is 11.9. The zero-order valence-electron chi connectivity index (χ0n) is 17.2. The largest absolute Gasteiger partial charge is 0.349 e. The predicted molar refractivity (Wildman–Crippen MR) is 125 cm³/mol. The van der Waals surface area contributed by atoms with Gasteiger partial charge >= 0.3 is 0 Å². The van der Waals surface area contributed by atoms with Crippen LogP contribution < -0.4 is 10.9 Å². The van der Waals surface area contributed by atoms with Crippen molar-refractivity contribution in [2.45, 2.75) is 24.7 Å². The monoisotopic (exact) mass is 429 g/mol. The maximum Gasteiger partial charge on any atom is 0.262 e. The highest BCUT2D eigenvalue weighted by molar-refractivity contribution is 7.99. The summed E-state index contributed by atoms with van der Waals surface area (Å²) < 4.78 is 1.65. The van der Waals surface area contributed by atoms with E-state index < -0.39 is 0 Å². The molecule has 0 unspecified atom stereocenters. The number of carbonyl (C=O) groups excluding carboxylic acids is 1. The van der Waals surface area contributed by atoms with Crippen LogP contribution in [0.2, 0.25) is 0 Å². The van der Waals surface area contributed by atoms with Crippen LogP contribution >= 0.6 is 11.8 Å². The third-order valence-electron chi connectivity index (χ3n) is 5.02. The fourth-order valence-corrected chi connectivity index (χ4v) is 4.21. The summed E-state index contributed by atoms with van der Waals surface area (Å²) in [4.78, 5) is 30.4. The molecule has 4 rings (SSSR count). The molecular weight excluding hydrogens is 406 g/mol. The molecule has 4 aromatic rings. The maximum atomic E-state index is 13.2. The number of hydrogen-bond donors (Lipinski definition) is 1. The van der Waals surface area contributed by atoms with E-state index in [9.17, 15) is 9.59 Å². The van der Waals surface area contributed by atoms with Crippen LogP contribution in [0.3, 0.4) is 0 Å². The molecule has 1 N–H and O–H groups in total. The van der Waals surface area contributed by atoms with Gasteiger partial charge in [-0.1, -0.05) is 84.6 Å².